The van der Waals surface area contributed by atoms with Crippen LogP contribution in [0.4, 0.5) is 10.1 Å². The Bertz CT molecular complexity index is 551. The second-order valence-corrected chi connectivity index (χ2v) is 6.81. The molecule has 1 fully saturated rings. The normalized spacial score (nSPS) is 18.3. The van der Waals surface area contributed by atoms with E-state index in [0.717, 1.165) is 32.0 Å². The van der Waals surface area contributed by atoms with Crippen LogP contribution >= 0.6 is 0 Å². The third-order valence-electron chi connectivity index (χ3n) is 3.60. The Labute approximate surface area is 119 Å². The summed E-state index contributed by atoms with van der Waals surface area (Å²) in [6, 6.07) is 3.94. The summed E-state index contributed by atoms with van der Waals surface area (Å²) in [5.41, 5.74) is 5.49. The highest BCUT2D eigenvalue weighted by atomic mass is 32.2. The summed E-state index contributed by atoms with van der Waals surface area (Å²) in [4.78, 5) is 1.75. The largest absolute Gasteiger partial charge is 0.398 e. The number of nitrogens with two attached hydrogens (primary N) is 1. The lowest BCUT2D eigenvalue weighted by Gasteiger charge is -2.24. The molecule has 112 valence electrons. The molecule has 0 saturated carbocycles. The molecule has 1 atom stereocenters. The minimum Gasteiger partial charge on any atom is -0.398 e. The summed E-state index contributed by atoms with van der Waals surface area (Å²) in [7, 11) is -3.92. The first-order chi connectivity index (χ1) is 9.42. The van der Waals surface area contributed by atoms with Crippen LogP contribution in [0.25, 0.3) is 0 Å². The molecule has 1 saturated heterocycles. The average molecular weight is 301 g/mol. The van der Waals surface area contributed by atoms with Crippen LogP contribution in [-0.4, -0.2) is 39.0 Å². The van der Waals surface area contributed by atoms with E-state index in [1.54, 1.807) is 0 Å². The van der Waals surface area contributed by atoms with Gasteiger partial charge < -0.3 is 5.73 Å². The number of rotatable bonds is 5. The second kappa shape index (κ2) is 6.07. The first-order valence-corrected chi connectivity index (χ1v) is 8.18. The SMILES string of the molecule is CC(CNS(=O)(=O)c1c(N)cccc1F)N1CCCC1. The van der Waals surface area contributed by atoms with Crippen LogP contribution in [0.2, 0.25) is 0 Å². The van der Waals surface area contributed by atoms with Crippen LogP contribution in [0.5, 0.6) is 0 Å². The van der Waals surface area contributed by atoms with Crippen molar-refractivity contribution in [2.24, 2.45) is 0 Å². The molecule has 0 bridgehead atoms. The van der Waals surface area contributed by atoms with Crippen molar-refractivity contribution in [1.82, 2.24) is 9.62 Å². The predicted molar refractivity (Wildman–Crippen MR) is 76.3 cm³/mol. The fourth-order valence-electron chi connectivity index (χ4n) is 2.42. The van der Waals surface area contributed by atoms with E-state index in [1.165, 1.54) is 12.1 Å². The van der Waals surface area contributed by atoms with Crippen LogP contribution in [0.3, 0.4) is 0 Å². The van der Waals surface area contributed by atoms with Gasteiger partial charge in [0.1, 0.15) is 10.7 Å². The number of benzene rings is 1. The van der Waals surface area contributed by atoms with Crippen LogP contribution in [0.15, 0.2) is 23.1 Å². The zero-order chi connectivity index (χ0) is 14.8. The highest BCUT2D eigenvalue weighted by Crippen LogP contribution is 2.21. The van der Waals surface area contributed by atoms with Gasteiger partial charge in [0, 0.05) is 12.6 Å². The summed E-state index contributed by atoms with van der Waals surface area (Å²) in [5, 5.41) is 0. The van der Waals surface area contributed by atoms with Crippen LogP contribution in [0.1, 0.15) is 19.8 Å². The lowest BCUT2D eigenvalue weighted by atomic mass is 10.3. The lowest BCUT2D eigenvalue weighted by molar-refractivity contribution is 0.260. The quantitative estimate of drug-likeness (QED) is 0.801. The molecule has 0 aliphatic carbocycles. The fraction of sp³-hybridized carbons (Fsp3) is 0.538. The molecule has 2 rings (SSSR count). The number of nitrogens with zero attached hydrogens (tertiary/aromatic N) is 1. The van der Waals surface area contributed by atoms with E-state index in [9.17, 15) is 12.8 Å². The van der Waals surface area contributed by atoms with Crippen molar-refractivity contribution in [3.8, 4) is 0 Å². The van der Waals surface area contributed by atoms with Gasteiger partial charge in [-0.3, -0.25) is 4.90 Å². The minimum atomic E-state index is -3.92. The van der Waals surface area contributed by atoms with Gasteiger partial charge in [0.2, 0.25) is 10.0 Å². The summed E-state index contributed by atoms with van der Waals surface area (Å²) in [5.74, 6) is -0.827. The number of likely N-dealkylation sites (tertiary alicyclic amines) is 1. The summed E-state index contributed by atoms with van der Waals surface area (Å²) in [6.07, 6.45) is 2.27. The molecule has 1 unspecified atom stereocenters. The molecule has 1 aliphatic rings. The zero-order valence-electron chi connectivity index (χ0n) is 11.5. The van der Waals surface area contributed by atoms with Crippen molar-refractivity contribution < 1.29 is 12.8 Å². The molecule has 1 aliphatic heterocycles. The van der Waals surface area contributed by atoms with E-state index < -0.39 is 20.7 Å². The Morgan fingerprint density at radius 1 is 1.40 bits per heavy atom. The Balaban J connectivity index is 2.07. The number of nitrogen functional groups attached to an aromatic ring is 1. The molecule has 1 aromatic carbocycles. The molecule has 0 aromatic heterocycles. The monoisotopic (exact) mass is 301 g/mol. The molecular weight excluding hydrogens is 281 g/mol. The highest BCUT2D eigenvalue weighted by molar-refractivity contribution is 7.89. The third kappa shape index (κ3) is 3.28. The maximum atomic E-state index is 13.7. The molecular formula is C13H20FN3O2S. The third-order valence-corrected chi connectivity index (χ3v) is 5.11. The molecule has 20 heavy (non-hydrogen) atoms. The molecule has 5 nitrogen and oxygen atoms in total. The van der Waals surface area contributed by atoms with Crippen molar-refractivity contribution in [2.75, 3.05) is 25.4 Å². The Hall–Kier alpha value is -1.18. The minimum absolute atomic E-state index is 0.0775. The van der Waals surface area contributed by atoms with Crippen molar-refractivity contribution in [2.45, 2.75) is 30.7 Å². The smallest absolute Gasteiger partial charge is 0.245 e. The van der Waals surface area contributed by atoms with E-state index in [1.807, 2.05) is 6.92 Å². The summed E-state index contributed by atoms with van der Waals surface area (Å²) >= 11 is 0. The average Bonchev–Trinajstić information content (AvgIpc) is 2.89. The van der Waals surface area contributed by atoms with Crippen molar-refractivity contribution in [3.05, 3.63) is 24.0 Å². The molecule has 7 heteroatoms. The van der Waals surface area contributed by atoms with Crippen LogP contribution < -0.4 is 10.5 Å². The van der Waals surface area contributed by atoms with Crippen molar-refractivity contribution in [1.29, 1.82) is 0 Å². The first kappa shape index (κ1) is 15.2. The number of nitrogens with one attached hydrogen (secondary N) is 1. The van der Waals surface area contributed by atoms with Gasteiger partial charge in [0.15, 0.2) is 0 Å². The number of halogens is 1. The molecule has 1 aromatic rings. The van der Waals surface area contributed by atoms with Gasteiger partial charge in [-0.15, -0.1) is 0 Å². The van der Waals surface area contributed by atoms with Gasteiger partial charge in [-0.05, 0) is 45.0 Å². The van der Waals surface area contributed by atoms with Gasteiger partial charge in [0.05, 0.1) is 5.69 Å². The van der Waals surface area contributed by atoms with E-state index >= 15 is 0 Å². The van der Waals surface area contributed by atoms with E-state index in [0.29, 0.717) is 0 Å². The molecule has 0 amide bonds. The van der Waals surface area contributed by atoms with E-state index in [2.05, 4.69) is 9.62 Å². The van der Waals surface area contributed by atoms with Gasteiger partial charge in [0.25, 0.3) is 0 Å². The second-order valence-electron chi connectivity index (χ2n) is 5.10. The van der Waals surface area contributed by atoms with Gasteiger partial charge in [-0.25, -0.2) is 17.5 Å². The highest BCUT2D eigenvalue weighted by Gasteiger charge is 2.24. The maximum Gasteiger partial charge on any atom is 0.245 e. The summed E-state index contributed by atoms with van der Waals surface area (Å²) < 4.78 is 40.4. The van der Waals surface area contributed by atoms with E-state index in [4.69, 9.17) is 5.73 Å². The number of hydrogen-bond acceptors (Lipinski definition) is 4. The number of hydrogen-bond donors (Lipinski definition) is 2. The fourth-order valence-corrected chi connectivity index (χ4v) is 3.73. The summed E-state index contributed by atoms with van der Waals surface area (Å²) in [6.45, 7) is 4.16. The van der Waals surface area contributed by atoms with Crippen molar-refractivity contribution in [3.63, 3.8) is 0 Å². The molecule has 0 radical (unpaired) electrons. The molecule has 0 spiro atoms. The van der Waals surface area contributed by atoms with Gasteiger partial charge in [-0.2, -0.15) is 0 Å². The Morgan fingerprint density at radius 2 is 2.05 bits per heavy atom. The standard InChI is InChI=1S/C13H20FN3O2S/c1-10(17-7-2-3-8-17)9-16-20(18,19)13-11(14)5-4-6-12(13)15/h4-6,10,16H,2-3,7-9,15H2,1H3. The van der Waals surface area contributed by atoms with Gasteiger partial charge >= 0.3 is 0 Å². The van der Waals surface area contributed by atoms with Crippen LogP contribution in [0, 0.1) is 5.82 Å². The maximum absolute atomic E-state index is 13.7. The number of sulfonamides is 1. The Kier molecular flexibility index (Phi) is 4.62. The van der Waals surface area contributed by atoms with Gasteiger partial charge in [-0.1, -0.05) is 6.07 Å². The number of anilines is 1. The zero-order valence-corrected chi connectivity index (χ0v) is 12.3. The Morgan fingerprint density at radius 3 is 2.65 bits per heavy atom. The molecule has 1 heterocycles. The predicted octanol–water partition coefficient (Wildman–Crippen LogP) is 1.17. The van der Waals surface area contributed by atoms with Crippen molar-refractivity contribution >= 4 is 15.7 Å². The first-order valence-electron chi connectivity index (χ1n) is 6.69. The topological polar surface area (TPSA) is 75.4 Å². The van der Waals surface area contributed by atoms with Crippen LogP contribution in [-0.2, 0) is 10.0 Å². The molecule has 3 N–H and O–H groups in total. The lowest BCUT2D eigenvalue weighted by Crippen LogP contribution is -2.40. The van der Waals surface area contributed by atoms with E-state index in [-0.39, 0.29) is 18.3 Å².